The fourth-order valence-corrected chi connectivity index (χ4v) is 2.70. The minimum atomic E-state index is 0. The van der Waals surface area contributed by atoms with Crippen molar-refractivity contribution in [2.24, 2.45) is 0 Å². The highest BCUT2D eigenvalue weighted by Crippen LogP contribution is 2.09. The Morgan fingerprint density at radius 2 is 2.33 bits per heavy atom. The summed E-state index contributed by atoms with van der Waals surface area (Å²) in [5.41, 5.74) is 0. The van der Waals surface area contributed by atoms with Crippen molar-refractivity contribution in [1.29, 1.82) is 0 Å². The third-order valence-corrected chi connectivity index (χ3v) is 3.80. The van der Waals surface area contributed by atoms with Gasteiger partial charge in [-0.25, -0.2) is 0 Å². The summed E-state index contributed by atoms with van der Waals surface area (Å²) in [7, 11) is 0. The lowest BCUT2D eigenvalue weighted by atomic mass is 10.2. The largest absolute Gasteiger partial charge is 0.382 e. The first-order chi connectivity index (χ1) is 8.33. The van der Waals surface area contributed by atoms with Gasteiger partial charge in [-0.1, -0.05) is 0 Å². The van der Waals surface area contributed by atoms with Gasteiger partial charge in [0.1, 0.15) is 0 Å². The van der Waals surface area contributed by atoms with Crippen LogP contribution in [0.25, 0.3) is 0 Å². The van der Waals surface area contributed by atoms with E-state index in [1.54, 1.807) is 0 Å². The molecule has 0 aromatic carbocycles. The van der Waals surface area contributed by atoms with Gasteiger partial charge in [0, 0.05) is 50.3 Å². The van der Waals surface area contributed by atoms with Crippen LogP contribution in [0.4, 0.5) is 0 Å². The van der Waals surface area contributed by atoms with Gasteiger partial charge >= 0.3 is 0 Å². The van der Waals surface area contributed by atoms with E-state index in [4.69, 9.17) is 4.74 Å². The summed E-state index contributed by atoms with van der Waals surface area (Å²) in [5.74, 6) is 2.38. The zero-order valence-electron chi connectivity index (χ0n) is 11.1. The van der Waals surface area contributed by atoms with Crippen LogP contribution in [-0.2, 0) is 9.53 Å². The summed E-state index contributed by atoms with van der Waals surface area (Å²) in [6.45, 7) is 5.37. The molecule has 0 aromatic heterocycles. The van der Waals surface area contributed by atoms with Crippen molar-refractivity contribution in [2.45, 2.75) is 32.2 Å². The lowest BCUT2D eigenvalue weighted by molar-refractivity contribution is -0.121. The number of carbonyl (C=O) groups is 1. The van der Waals surface area contributed by atoms with E-state index in [2.05, 4.69) is 10.6 Å². The van der Waals surface area contributed by atoms with Crippen molar-refractivity contribution in [3.05, 3.63) is 0 Å². The second-order valence-electron chi connectivity index (χ2n) is 4.18. The van der Waals surface area contributed by atoms with Crippen LogP contribution < -0.4 is 10.6 Å². The molecule has 0 radical (unpaired) electrons. The van der Waals surface area contributed by atoms with Crippen molar-refractivity contribution >= 4 is 30.1 Å². The fraction of sp³-hybridized carbons (Fsp3) is 0.917. The molecule has 0 aliphatic carbocycles. The molecular formula is C12H25ClN2O2S. The number of nitrogens with one attached hydrogen (secondary N) is 2. The maximum Gasteiger partial charge on any atom is 0.221 e. The number of hydrogen-bond acceptors (Lipinski definition) is 4. The van der Waals surface area contributed by atoms with E-state index in [0.717, 1.165) is 50.7 Å². The number of ether oxygens (including phenoxy) is 1. The lowest BCUT2D eigenvalue weighted by Crippen LogP contribution is -2.41. The van der Waals surface area contributed by atoms with Gasteiger partial charge in [-0.15, -0.1) is 12.4 Å². The summed E-state index contributed by atoms with van der Waals surface area (Å²) in [6.07, 6.45) is 2.63. The number of amides is 1. The minimum Gasteiger partial charge on any atom is -0.382 e. The van der Waals surface area contributed by atoms with Crippen LogP contribution in [-0.4, -0.2) is 49.8 Å². The maximum absolute atomic E-state index is 11.6. The summed E-state index contributed by atoms with van der Waals surface area (Å²) >= 11 is 1.92. The molecule has 108 valence electrons. The van der Waals surface area contributed by atoms with Crippen molar-refractivity contribution in [2.75, 3.05) is 37.8 Å². The highest BCUT2D eigenvalue weighted by molar-refractivity contribution is 7.99. The number of unbranched alkanes of at least 4 members (excludes halogenated alkanes) is 1. The average Bonchev–Trinajstić information content (AvgIpc) is 2.35. The predicted octanol–water partition coefficient (Wildman–Crippen LogP) is 1.44. The highest BCUT2D eigenvalue weighted by Gasteiger charge is 2.15. The monoisotopic (exact) mass is 296 g/mol. The van der Waals surface area contributed by atoms with Crippen LogP contribution >= 0.6 is 24.2 Å². The smallest absolute Gasteiger partial charge is 0.221 e. The third kappa shape index (κ3) is 9.03. The Labute approximate surface area is 120 Å². The van der Waals surface area contributed by atoms with Gasteiger partial charge in [0.05, 0.1) is 0 Å². The SMILES string of the molecule is CCOCCCCNC(=O)CC1CSCCN1.Cl. The summed E-state index contributed by atoms with van der Waals surface area (Å²) in [6, 6.07) is 0.358. The lowest BCUT2D eigenvalue weighted by Gasteiger charge is -2.22. The molecule has 0 aromatic rings. The molecule has 1 amide bonds. The molecule has 0 spiro atoms. The molecule has 1 fully saturated rings. The molecule has 1 heterocycles. The van der Waals surface area contributed by atoms with Crippen molar-refractivity contribution in [1.82, 2.24) is 10.6 Å². The van der Waals surface area contributed by atoms with Crippen LogP contribution in [0.15, 0.2) is 0 Å². The molecular weight excluding hydrogens is 272 g/mol. The topological polar surface area (TPSA) is 50.4 Å². The zero-order chi connectivity index (χ0) is 12.3. The summed E-state index contributed by atoms with van der Waals surface area (Å²) in [5, 5.41) is 6.33. The van der Waals surface area contributed by atoms with Crippen molar-refractivity contribution in [3.8, 4) is 0 Å². The van der Waals surface area contributed by atoms with Gasteiger partial charge in [-0.2, -0.15) is 11.8 Å². The molecule has 4 nitrogen and oxygen atoms in total. The Morgan fingerprint density at radius 1 is 1.50 bits per heavy atom. The molecule has 1 unspecified atom stereocenters. The van der Waals surface area contributed by atoms with Gasteiger partial charge < -0.3 is 15.4 Å². The fourth-order valence-electron chi connectivity index (χ4n) is 1.75. The van der Waals surface area contributed by atoms with Crippen LogP contribution in [0.2, 0.25) is 0 Å². The molecule has 1 atom stereocenters. The Morgan fingerprint density at radius 3 is 3.00 bits per heavy atom. The molecule has 0 saturated carbocycles. The second-order valence-corrected chi connectivity index (χ2v) is 5.33. The quantitative estimate of drug-likeness (QED) is 0.666. The van der Waals surface area contributed by atoms with E-state index in [9.17, 15) is 4.79 Å². The zero-order valence-corrected chi connectivity index (χ0v) is 12.7. The standard InChI is InChI=1S/C12H24N2O2S.ClH/c1-2-16-7-4-3-5-14-12(15)9-11-10-17-8-6-13-11;/h11,13H,2-10H2,1H3,(H,14,15);1H. The molecule has 1 rings (SSSR count). The molecule has 1 aliphatic rings. The van der Waals surface area contributed by atoms with Gasteiger partial charge in [-0.05, 0) is 19.8 Å². The van der Waals surface area contributed by atoms with E-state index in [1.807, 2.05) is 18.7 Å². The summed E-state index contributed by atoms with van der Waals surface area (Å²) in [4.78, 5) is 11.6. The normalized spacial score (nSPS) is 19.1. The van der Waals surface area contributed by atoms with Crippen molar-refractivity contribution in [3.63, 3.8) is 0 Å². The number of hydrogen-bond donors (Lipinski definition) is 2. The predicted molar refractivity (Wildman–Crippen MR) is 79.7 cm³/mol. The first kappa shape index (κ1) is 18.0. The van der Waals surface area contributed by atoms with Crippen LogP contribution in [0.1, 0.15) is 26.2 Å². The Balaban J connectivity index is 0.00000289. The Kier molecular flexibility index (Phi) is 12.1. The molecule has 0 bridgehead atoms. The van der Waals surface area contributed by atoms with E-state index < -0.39 is 0 Å². The van der Waals surface area contributed by atoms with E-state index in [0.29, 0.717) is 12.5 Å². The maximum atomic E-state index is 11.6. The molecule has 1 aliphatic heterocycles. The Hall–Kier alpha value is 0.0300. The van der Waals surface area contributed by atoms with Crippen LogP contribution in [0.3, 0.4) is 0 Å². The molecule has 2 N–H and O–H groups in total. The molecule has 18 heavy (non-hydrogen) atoms. The Bertz CT molecular complexity index is 214. The van der Waals surface area contributed by atoms with Gasteiger partial charge in [-0.3, -0.25) is 4.79 Å². The van der Waals surface area contributed by atoms with Gasteiger partial charge in [0.25, 0.3) is 0 Å². The van der Waals surface area contributed by atoms with Gasteiger partial charge in [0.15, 0.2) is 0 Å². The molecule has 6 heteroatoms. The van der Waals surface area contributed by atoms with Crippen LogP contribution in [0, 0.1) is 0 Å². The van der Waals surface area contributed by atoms with E-state index in [1.165, 1.54) is 0 Å². The van der Waals surface area contributed by atoms with Gasteiger partial charge in [0.2, 0.25) is 5.91 Å². The molecule has 1 saturated heterocycles. The van der Waals surface area contributed by atoms with E-state index in [-0.39, 0.29) is 18.3 Å². The minimum absolute atomic E-state index is 0. The highest BCUT2D eigenvalue weighted by atomic mass is 35.5. The summed E-state index contributed by atoms with van der Waals surface area (Å²) < 4.78 is 5.24. The number of thioether (sulfide) groups is 1. The average molecular weight is 297 g/mol. The number of carbonyl (C=O) groups excluding carboxylic acids is 1. The number of rotatable bonds is 8. The van der Waals surface area contributed by atoms with E-state index >= 15 is 0 Å². The number of halogens is 1. The second kappa shape index (κ2) is 12.1. The first-order valence-electron chi connectivity index (χ1n) is 6.48. The first-order valence-corrected chi connectivity index (χ1v) is 7.64. The van der Waals surface area contributed by atoms with Crippen LogP contribution in [0.5, 0.6) is 0 Å². The third-order valence-electron chi connectivity index (χ3n) is 2.67. The van der Waals surface area contributed by atoms with Crippen molar-refractivity contribution < 1.29 is 9.53 Å².